The molecule has 0 amide bonds. The van der Waals surface area contributed by atoms with Gasteiger partial charge < -0.3 is 5.41 Å². The molecule has 0 spiro atoms. The summed E-state index contributed by atoms with van der Waals surface area (Å²) in [6.45, 7) is 7.78. The molecule has 1 unspecified atom stereocenters. The second-order valence-corrected chi connectivity index (χ2v) is 5.11. The van der Waals surface area contributed by atoms with Gasteiger partial charge in [0.05, 0.1) is 0 Å². The van der Waals surface area contributed by atoms with Gasteiger partial charge >= 0.3 is 0 Å². The van der Waals surface area contributed by atoms with E-state index in [0.29, 0.717) is 0 Å². The third kappa shape index (κ3) is 3.58. The predicted octanol–water partition coefficient (Wildman–Crippen LogP) is 3.76. The lowest BCUT2D eigenvalue weighted by atomic mass is 9.94. The van der Waals surface area contributed by atoms with Crippen molar-refractivity contribution >= 4 is 11.5 Å². The minimum absolute atomic E-state index is 0.0920. The molecule has 1 saturated carbocycles. The first-order valence-electron chi connectivity index (χ1n) is 6.19. The van der Waals surface area contributed by atoms with Gasteiger partial charge in [-0.15, -0.1) is 0 Å². The molecule has 0 radical (unpaired) electrons. The number of carbonyl (C=O) groups excluding carboxylic acids is 1. The molecule has 1 aliphatic carbocycles. The quantitative estimate of drug-likeness (QED) is 0.682. The van der Waals surface area contributed by atoms with Crippen molar-refractivity contribution in [2.45, 2.75) is 53.4 Å². The van der Waals surface area contributed by atoms with Gasteiger partial charge in [-0.25, -0.2) is 0 Å². The number of ketones is 1. The van der Waals surface area contributed by atoms with E-state index in [-0.39, 0.29) is 11.7 Å². The number of allylic oxidation sites excluding steroid dienone is 2. The van der Waals surface area contributed by atoms with Crippen molar-refractivity contribution in [3.63, 3.8) is 0 Å². The van der Waals surface area contributed by atoms with E-state index in [2.05, 4.69) is 13.8 Å². The number of carbonyl (C=O) groups is 1. The van der Waals surface area contributed by atoms with Gasteiger partial charge in [-0.3, -0.25) is 4.79 Å². The standard InChI is InChI=1S/C14H23NO/c1-9(12(4)16)5-8-14(15)11(3)10(2)13-6-7-13/h9,13,15H,5-8H2,1-4H3/b11-10+,15-14?. The van der Waals surface area contributed by atoms with E-state index >= 15 is 0 Å². The van der Waals surface area contributed by atoms with Crippen LogP contribution in [0.1, 0.15) is 53.4 Å². The number of rotatable bonds is 6. The normalized spacial score (nSPS) is 19.0. The summed E-state index contributed by atoms with van der Waals surface area (Å²) in [5.41, 5.74) is 3.26. The summed E-state index contributed by atoms with van der Waals surface area (Å²) in [7, 11) is 0. The molecule has 90 valence electrons. The summed E-state index contributed by atoms with van der Waals surface area (Å²) in [6.07, 6.45) is 4.13. The molecule has 0 saturated heterocycles. The Kier molecular flexibility index (Phi) is 4.45. The summed E-state index contributed by atoms with van der Waals surface area (Å²) in [6, 6.07) is 0. The zero-order valence-electron chi connectivity index (χ0n) is 10.9. The van der Waals surface area contributed by atoms with Crippen LogP contribution in [0.5, 0.6) is 0 Å². The smallest absolute Gasteiger partial charge is 0.132 e. The Bertz CT molecular complexity index is 324. The van der Waals surface area contributed by atoms with Gasteiger partial charge in [0, 0.05) is 11.6 Å². The van der Waals surface area contributed by atoms with Gasteiger partial charge in [-0.05, 0) is 57.9 Å². The Morgan fingerprint density at radius 1 is 1.31 bits per heavy atom. The largest absolute Gasteiger partial charge is 0.305 e. The Hall–Kier alpha value is -0.920. The highest BCUT2D eigenvalue weighted by Gasteiger charge is 2.25. The van der Waals surface area contributed by atoms with Gasteiger partial charge in [-0.2, -0.15) is 0 Å². The van der Waals surface area contributed by atoms with Crippen LogP contribution in [0.25, 0.3) is 0 Å². The maximum Gasteiger partial charge on any atom is 0.132 e. The predicted molar refractivity (Wildman–Crippen MR) is 67.9 cm³/mol. The van der Waals surface area contributed by atoms with Crippen LogP contribution < -0.4 is 0 Å². The van der Waals surface area contributed by atoms with E-state index in [4.69, 9.17) is 5.41 Å². The molecular weight excluding hydrogens is 198 g/mol. The van der Waals surface area contributed by atoms with Crippen molar-refractivity contribution in [2.24, 2.45) is 11.8 Å². The van der Waals surface area contributed by atoms with Crippen LogP contribution in [0, 0.1) is 17.2 Å². The summed E-state index contributed by atoms with van der Waals surface area (Å²) in [5, 5.41) is 8.01. The third-order valence-electron chi connectivity index (χ3n) is 3.76. The topological polar surface area (TPSA) is 40.9 Å². The van der Waals surface area contributed by atoms with Crippen molar-refractivity contribution in [1.29, 1.82) is 5.41 Å². The molecule has 16 heavy (non-hydrogen) atoms. The average molecular weight is 221 g/mol. The summed E-state index contributed by atoms with van der Waals surface area (Å²) >= 11 is 0. The van der Waals surface area contributed by atoms with Crippen molar-refractivity contribution in [2.75, 3.05) is 0 Å². The Morgan fingerprint density at radius 2 is 1.88 bits per heavy atom. The van der Waals surface area contributed by atoms with Crippen LogP contribution in [0.4, 0.5) is 0 Å². The van der Waals surface area contributed by atoms with Gasteiger partial charge in [0.2, 0.25) is 0 Å². The van der Waals surface area contributed by atoms with Crippen LogP contribution in [0.15, 0.2) is 11.1 Å². The molecule has 0 aromatic rings. The Balaban J connectivity index is 2.46. The Labute approximate surface area is 98.6 Å². The number of hydrogen-bond donors (Lipinski definition) is 1. The number of nitrogens with one attached hydrogen (secondary N) is 1. The maximum atomic E-state index is 11.1. The lowest BCUT2D eigenvalue weighted by molar-refractivity contribution is -0.120. The highest BCUT2D eigenvalue weighted by molar-refractivity contribution is 5.98. The monoisotopic (exact) mass is 221 g/mol. The van der Waals surface area contributed by atoms with Crippen LogP contribution in [0.3, 0.4) is 0 Å². The molecule has 1 aliphatic rings. The fourth-order valence-corrected chi connectivity index (χ4v) is 1.81. The van der Waals surface area contributed by atoms with Gasteiger partial charge in [0.15, 0.2) is 0 Å². The molecule has 0 bridgehead atoms. The maximum absolute atomic E-state index is 11.1. The van der Waals surface area contributed by atoms with Crippen LogP contribution in [-0.4, -0.2) is 11.5 Å². The molecule has 0 aliphatic heterocycles. The van der Waals surface area contributed by atoms with E-state index in [1.807, 2.05) is 6.92 Å². The lowest BCUT2D eigenvalue weighted by Gasteiger charge is -2.11. The molecule has 0 heterocycles. The fraction of sp³-hybridized carbons (Fsp3) is 0.714. The van der Waals surface area contributed by atoms with Crippen molar-refractivity contribution in [3.05, 3.63) is 11.1 Å². The second kappa shape index (κ2) is 5.42. The van der Waals surface area contributed by atoms with E-state index in [1.165, 1.54) is 18.4 Å². The first kappa shape index (κ1) is 13.1. The molecular formula is C14H23NO. The second-order valence-electron chi connectivity index (χ2n) is 5.11. The lowest BCUT2D eigenvalue weighted by Crippen LogP contribution is -2.10. The summed E-state index contributed by atoms with van der Waals surface area (Å²) < 4.78 is 0. The van der Waals surface area contributed by atoms with Crippen molar-refractivity contribution in [3.8, 4) is 0 Å². The molecule has 1 N–H and O–H groups in total. The minimum Gasteiger partial charge on any atom is -0.305 e. The molecule has 0 aromatic heterocycles. The van der Waals surface area contributed by atoms with Crippen LogP contribution in [-0.2, 0) is 4.79 Å². The first-order chi connectivity index (χ1) is 7.43. The zero-order valence-corrected chi connectivity index (χ0v) is 10.9. The SMILES string of the molecule is CC(=O)C(C)CCC(=N)/C(C)=C(\C)C1CC1. The average Bonchev–Trinajstić information content (AvgIpc) is 3.06. The fourth-order valence-electron chi connectivity index (χ4n) is 1.81. The zero-order chi connectivity index (χ0) is 12.3. The molecule has 1 atom stereocenters. The van der Waals surface area contributed by atoms with Crippen LogP contribution >= 0.6 is 0 Å². The van der Waals surface area contributed by atoms with Crippen molar-refractivity contribution in [1.82, 2.24) is 0 Å². The minimum atomic E-state index is 0.0920. The highest BCUT2D eigenvalue weighted by Crippen LogP contribution is 2.37. The van der Waals surface area contributed by atoms with Gasteiger partial charge in [0.1, 0.15) is 5.78 Å². The molecule has 1 rings (SSSR count). The highest BCUT2D eigenvalue weighted by atomic mass is 16.1. The van der Waals surface area contributed by atoms with E-state index < -0.39 is 0 Å². The molecule has 2 nitrogen and oxygen atoms in total. The third-order valence-corrected chi connectivity index (χ3v) is 3.76. The van der Waals surface area contributed by atoms with Crippen molar-refractivity contribution < 1.29 is 4.79 Å². The molecule has 2 heteroatoms. The van der Waals surface area contributed by atoms with Crippen LogP contribution in [0.2, 0.25) is 0 Å². The summed E-state index contributed by atoms with van der Waals surface area (Å²) in [4.78, 5) is 11.1. The van der Waals surface area contributed by atoms with E-state index in [1.54, 1.807) is 6.92 Å². The Morgan fingerprint density at radius 3 is 2.31 bits per heavy atom. The number of hydrogen-bond acceptors (Lipinski definition) is 2. The first-order valence-corrected chi connectivity index (χ1v) is 6.19. The number of Topliss-reactive ketones (excluding diaryl/α,β-unsaturated/α-hetero) is 1. The van der Waals surface area contributed by atoms with Gasteiger partial charge in [0.25, 0.3) is 0 Å². The van der Waals surface area contributed by atoms with E-state index in [9.17, 15) is 4.79 Å². The molecule has 0 aromatic carbocycles. The van der Waals surface area contributed by atoms with E-state index in [0.717, 1.165) is 30.0 Å². The molecule has 1 fully saturated rings. The summed E-state index contributed by atoms with van der Waals surface area (Å²) in [5.74, 6) is 1.06. The van der Waals surface area contributed by atoms with Gasteiger partial charge in [-0.1, -0.05) is 12.5 Å².